The van der Waals surface area contributed by atoms with Crippen molar-refractivity contribution in [2.45, 2.75) is 45.1 Å². The predicted octanol–water partition coefficient (Wildman–Crippen LogP) is 5.57. The summed E-state index contributed by atoms with van der Waals surface area (Å²) in [6.45, 7) is 3.54. The Bertz CT molecular complexity index is 955. The van der Waals surface area contributed by atoms with Gasteiger partial charge >= 0.3 is 0 Å². The summed E-state index contributed by atoms with van der Waals surface area (Å²) in [5.74, 6) is 1.19. The van der Waals surface area contributed by atoms with E-state index >= 15 is 0 Å². The molecule has 5 nitrogen and oxygen atoms in total. The van der Waals surface area contributed by atoms with Gasteiger partial charge in [0.15, 0.2) is 6.29 Å². The summed E-state index contributed by atoms with van der Waals surface area (Å²) in [5, 5.41) is 9.43. The molecule has 3 aromatic rings. The third-order valence-electron chi connectivity index (χ3n) is 5.33. The van der Waals surface area contributed by atoms with Crippen molar-refractivity contribution in [2.24, 2.45) is 0 Å². The first-order valence-corrected chi connectivity index (χ1v) is 10.5. The number of phenols is 1. The number of hydrogen-bond acceptors (Lipinski definition) is 4. The number of phenolic OH excluding ortho intramolecular Hbond substituents is 1. The summed E-state index contributed by atoms with van der Waals surface area (Å²) in [6.07, 6.45) is 11.0. The zero-order valence-electron chi connectivity index (χ0n) is 17.3. The zero-order chi connectivity index (χ0) is 20.8. The Balaban J connectivity index is 1.35. The first kappa shape index (κ1) is 20.4. The van der Waals surface area contributed by atoms with Gasteiger partial charge in [0.1, 0.15) is 17.7 Å². The molecule has 1 N–H and O–H groups in total. The Morgan fingerprint density at radius 2 is 1.87 bits per heavy atom. The maximum atomic E-state index is 9.43. The van der Waals surface area contributed by atoms with Crippen LogP contribution >= 0.6 is 0 Å². The Morgan fingerprint density at radius 1 is 1.13 bits per heavy atom. The van der Waals surface area contributed by atoms with Crippen molar-refractivity contribution in [3.05, 3.63) is 78.4 Å². The third kappa shape index (κ3) is 5.17. The largest absolute Gasteiger partial charge is 0.508 e. The van der Waals surface area contributed by atoms with E-state index in [-0.39, 0.29) is 18.1 Å². The molecule has 0 radical (unpaired) electrons. The van der Waals surface area contributed by atoms with E-state index in [0.717, 1.165) is 54.9 Å². The molecule has 1 saturated heterocycles. The van der Waals surface area contributed by atoms with Crippen LogP contribution in [0.15, 0.2) is 67.0 Å². The second-order valence-corrected chi connectivity index (χ2v) is 7.58. The van der Waals surface area contributed by atoms with Gasteiger partial charge < -0.3 is 19.1 Å². The lowest BCUT2D eigenvalue weighted by atomic mass is 10.0. The molecule has 30 heavy (non-hydrogen) atoms. The summed E-state index contributed by atoms with van der Waals surface area (Å²) >= 11 is 0. The highest BCUT2D eigenvalue weighted by Gasteiger charge is 2.20. The van der Waals surface area contributed by atoms with Crippen LogP contribution in [0.4, 0.5) is 0 Å². The van der Waals surface area contributed by atoms with Crippen LogP contribution in [-0.4, -0.2) is 27.6 Å². The first-order valence-electron chi connectivity index (χ1n) is 10.5. The third-order valence-corrected chi connectivity index (χ3v) is 5.33. The minimum atomic E-state index is -0.124. The van der Waals surface area contributed by atoms with Gasteiger partial charge in [-0.1, -0.05) is 48.6 Å². The Labute approximate surface area is 177 Å². The molecule has 0 spiro atoms. The van der Waals surface area contributed by atoms with Crippen molar-refractivity contribution >= 4 is 6.08 Å². The van der Waals surface area contributed by atoms with Crippen molar-refractivity contribution in [1.29, 1.82) is 0 Å². The topological polar surface area (TPSA) is 56.5 Å². The lowest BCUT2D eigenvalue weighted by molar-refractivity contribution is -0.188. The molecular weight excluding hydrogens is 376 g/mol. The quantitative estimate of drug-likeness (QED) is 0.559. The van der Waals surface area contributed by atoms with Gasteiger partial charge in [-0.3, -0.25) is 0 Å². The molecule has 1 aliphatic heterocycles. The van der Waals surface area contributed by atoms with Crippen LogP contribution in [0, 0.1) is 0 Å². The molecule has 1 aliphatic rings. The molecule has 1 aromatic heterocycles. The maximum Gasteiger partial charge on any atom is 0.158 e. The molecule has 1 fully saturated rings. The van der Waals surface area contributed by atoms with Crippen molar-refractivity contribution in [2.75, 3.05) is 6.61 Å². The van der Waals surface area contributed by atoms with Crippen LogP contribution in [0.25, 0.3) is 17.2 Å². The fraction of sp³-hybridized carbons (Fsp3) is 0.320. The molecule has 0 amide bonds. The second-order valence-electron chi connectivity index (χ2n) is 7.58. The number of ether oxygens (including phenoxy) is 2. The van der Waals surface area contributed by atoms with E-state index in [1.807, 2.05) is 31.5 Å². The normalized spacial score (nSPS) is 18.0. The van der Waals surface area contributed by atoms with Gasteiger partial charge in [0.05, 0.1) is 0 Å². The minimum absolute atomic E-state index is 0.110. The fourth-order valence-electron chi connectivity index (χ4n) is 3.68. The lowest BCUT2D eigenvalue weighted by Crippen LogP contribution is -2.24. The van der Waals surface area contributed by atoms with E-state index in [4.69, 9.17) is 9.47 Å². The van der Waals surface area contributed by atoms with Gasteiger partial charge in [0, 0.05) is 25.5 Å². The van der Waals surface area contributed by atoms with Gasteiger partial charge in [0.25, 0.3) is 0 Å². The number of aromatic hydroxyl groups is 1. The van der Waals surface area contributed by atoms with E-state index in [2.05, 4.69) is 46.0 Å². The van der Waals surface area contributed by atoms with Gasteiger partial charge in [-0.25, -0.2) is 4.98 Å². The molecular formula is C25H28N2O3. The number of nitrogens with zero attached hydrogens (tertiary/aromatic N) is 2. The van der Waals surface area contributed by atoms with E-state index < -0.39 is 0 Å². The number of hydrogen-bond donors (Lipinski definition) is 1. The van der Waals surface area contributed by atoms with Gasteiger partial charge in [-0.15, -0.1) is 0 Å². The molecule has 2 unspecified atom stereocenters. The van der Waals surface area contributed by atoms with Crippen LogP contribution in [0.1, 0.15) is 43.7 Å². The second kappa shape index (κ2) is 9.74. The summed E-state index contributed by atoms with van der Waals surface area (Å²) in [5.41, 5.74) is 3.35. The number of benzene rings is 2. The van der Waals surface area contributed by atoms with Gasteiger partial charge in [-0.2, -0.15) is 0 Å². The summed E-state index contributed by atoms with van der Waals surface area (Å²) in [6, 6.07) is 15.6. The number of imidazole rings is 1. The van der Waals surface area contributed by atoms with E-state index in [1.165, 1.54) is 0 Å². The number of aromatic nitrogens is 2. The standard InChI is InChI=1S/C25H28N2O3/c1-19(30-24-6-2-3-18-29-24)25-26-15-17-27(25)16-4-5-20-7-9-21(10-8-20)22-11-13-23(28)14-12-22/h4-5,7-15,17,19,24,28H,2-3,6,16,18H2,1H3/b5-4+. The molecule has 0 aliphatic carbocycles. The zero-order valence-corrected chi connectivity index (χ0v) is 17.3. The molecule has 156 valence electrons. The average Bonchev–Trinajstić information content (AvgIpc) is 3.24. The highest BCUT2D eigenvalue weighted by atomic mass is 16.7. The fourth-order valence-corrected chi connectivity index (χ4v) is 3.68. The van der Waals surface area contributed by atoms with Crippen LogP contribution in [0.5, 0.6) is 5.75 Å². The maximum absolute atomic E-state index is 9.43. The minimum Gasteiger partial charge on any atom is -0.508 e. The molecule has 0 bridgehead atoms. The predicted molar refractivity (Wildman–Crippen MR) is 118 cm³/mol. The van der Waals surface area contributed by atoms with Gasteiger partial charge in [-0.05, 0) is 55.0 Å². The molecule has 5 heteroatoms. The van der Waals surface area contributed by atoms with Crippen LogP contribution in [0.2, 0.25) is 0 Å². The Kier molecular flexibility index (Phi) is 6.62. The Morgan fingerprint density at radius 3 is 2.57 bits per heavy atom. The smallest absolute Gasteiger partial charge is 0.158 e. The summed E-state index contributed by atoms with van der Waals surface area (Å²) in [4.78, 5) is 4.49. The molecule has 2 atom stereocenters. The molecule has 4 rings (SSSR count). The van der Waals surface area contributed by atoms with Crippen LogP contribution in [-0.2, 0) is 16.0 Å². The first-order chi connectivity index (χ1) is 14.7. The summed E-state index contributed by atoms with van der Waals surface area (Å²) < 4.78 is 13.9. The van der Waals surface area contributed by atoms with Gasteiger partial charge in [0.2, 0.25) is 0 Å². The molecule has 2 heterocycles. The van der Waals surface area contributed by atoms with E-state index in [9.17, 15) is 5.11 Å². The summed E-state index contributed by atoms with van der Waals surface area (Å²) in [7, 11) is 0. The Hall–Kier alpha value is -2.89. The molecule has 0 saturated carbocycles. The van der Waals surface area contributed by atoms with Crippen LogP contribution < -0.4 is 0 Å². The molecule has 2 aromatic carbocycles. The number of rotatable bonds is 7. The van der Waals surface area contributed by atoms with Crippen LogP contribution in [0.3, 0.4) is 0 Å². The number of allylic oxidation sites excluding steroid dienone is 1. The van der Waals surface area contributed by atoms with Crippen molar-refractivity contribution in [1.82, 2.24) is 9.55 Å². The van der Waals surface area contributed by atoms with Crippen molar-refractivity contribution in [3.8, 4) is 16.9 Å². The lowest BCUT2D eigenvalue weighted by Gasteiger charge is -2.26. The monoisotopic (exact) mass is 404 g/mol. The van der Waals surface area contributed by atoms with E-state index in [1.54, 1.807) is 12.1 Å². The SMILES string of the molecule is CC(OC1CCCCO1)c1nccn1C/C=C/c1ccc(-c2ccc(O)cc2)cc1. The highest BCUT2D eigenvalue weighted by molar-refractivity contribution is 5.66. The van der Waals surface area contributed by atoms with E-state index in [0.29, 0.717) is 0 Å². The average molecular weight is 405 g/mol. The van der Waals surface area contributed by atoms with Crippen molar-refractivity contribution < 1.29 is 14.6 Å². The van der Waals surface area contributed by atoms with Crippen molar-refractivity contribution in [3.63, 3.8) is 0 Å². The highest BCUT2D eigenvalue weighted by Crippen LogP contribution is 2.24.